The molecule has 0 radical (unpaired) electrons. The van der Waals surface area contributed by atoms with Crippen molar-refractivity contribution >= 4 is 30.4 Å². The van der Waals surface area contributed by atoms with Gasteiger partial charge in [-0.05, 0) is 12.8 Å². The van der Waals surface area contributed by atoms with E-state index in [1.165, 1.54) is 4.90 Å². The molecule has 9 heteroatoms. The molecule has 2 amide bonds. The fourth-order valence-electron chi connectivity index (χ4n) is 2.05. The standard InChI is InChI=1S/C11H19N3O5S/c12-6(5-20)10(17)14-3-1-2-8(14)9(16)13-7(4-15)11(18)19/h6-8,15,20H,1-5,12H2,(H,13,16)(H,18,19). The normalized spacial score (nSPS) is 21.4. The summed E-state index contributed by atoms with van der Waals surface area (Å²) in [5.74, 6) is -2.14. The molecular formula is C11H19N3O5S. The van der Waals surface area contributed by atoms with Gasteiger partial charge in [-0.3, -0.25) is 9.59 Å². The Bertz CT molecular complexity index is 392. The topological polar surface area (TPSA) is 133 Å². The number of nitrogens with two attached hydrogens (primary N) is 1. The molecule has 3 unspecified atom stereocenters. The molecule has 0 aromatic heterocycles. The van der Waals surface area contributed by atoms with Gasteiger partial charge in [-0.1, -0.05) is 0 Å². The third kappa shape index (κ3) is 3.84. The van der Waals surface area contributed by atoms with Crippen LogP contribution in [-0.2, 0) is 14.4 Å². The third-order valence-electron chi connectivity index (χ3n) is 3.15. The highest BCUT2D eigenvalue weighted by Gasteiger charge is 2.37. The summed E-state index contributed by atoms with van der Waals surface area (Å²) in [4.78, 5) is 36.1. The minimum atomic E-state index is -1.38. The van der Waals surface area contributed by atoms with Gasteiger partial charge in [-0.25, -0.2) is 4.79 Å². The van der Waals surface area contributed by atoms with Crippen molar-refractivity contribution in [3.63, 3.8) is 0 Å². The number of aliphatic hydroxyl groups is 1. The molecule has 3 atom stereocenters. The number of aliphatic hydroxyl groups excluding tert-OH is 1. The Balaban J connectivity index is 2.71. The summed E-state index contributed by atoms with van der Waals surface area (Å²) in [6, 6.07) is -2.92. The van der Waals surface area contributed by atoms with E-state index in [0.717, 1.165) is 0 Å². The number of carbonyl (C=O) groups excluding carboxylic acids is 2. The number of aliphatic carboxylic acids is 1. The maximum Gasteiger partial charge on any atom is 0.328 e. The average molecular weight is 305 g/mol. The van der Waals surface area contributed by atoms with E-state index in [4.69, 9.17) is 15.9 Å². The minimum Gasteiger partial charge on any atom is -0.480 e. The number of hydrogen-bond acceptors (Lipinski definition) is 6. The molecule has 1 aliphatic rings. The molecule has 1 heterocycles. The van der Waals surface area contributed by atoms with Crippen molar-refractivity contribution < 1.29 is 24.6 Å². The lowest BCUT2D eigenvalue weighted by molar-refractivity contribution is -0.145. The lowest BCUT2D eigenvalue weighted by Crippen LogP contribution is -2.54. The molecule has 0 spiro atoms. The van der Waals surface area contributed by atoms with Gasteiger partial charge in [-0.15, -0.1) is 0 Å². The lowest BCUT2D eigenvalue weighted by Gasteiger charge is -2.27. The molecule has 1 saturated heterocycles. The largest absolute Gasteiger partial charge is 0.480 e. The van der Waals surface area contributed by atoms with E-state index >= 15 is 0 Å². The Morgan fingerprint density at radius 3 is 2.60 bits per heavy atom. The number of amides is 2. The second kappa shape index (κ2) is 7.46. The van der Waals surface area contributed by atoms with Crippen LogP contribution in [0, 0.1) is 0 Å². The highest BCUT2D eigenvalue weighted by atomic mass is 32.1. The van der Waals surface area contributed by atoms with Gasteiger partial charge < -0.3 is 26.2 Å². The predicted octanol–water partition coefficient (Wildman–Crippen LogP) is -2.20. The van der Waals surface area contributed by atoms with Crippen molar-refractivity contribution in [2.24, 2.45) is 5.73 Å². The summed E-state index contributed by atoms with van der Waals surface area (Å²) in [7, 11) is 0. The molecule has 5 N–H and O–H groups in total. The van der Waals surface area contributed by atoms with E-state index in [0.29, 0.717) is 19.4 Å². The van der Waals surface area contributed by atoms with Crippen LogP contribution in [0.5, 0.6) is 0 Å². The summed E-state index contributed by atoms with van der Waals surface area (Å²) in [5, 5.41) is 19.9. The van der Waals surface area contributed by atoms with Crippen molar-refractivity contribution in [2.45, 2.75) is 31.0 Å². The summed E-state index contributed by atoms with van der Waals surface area (Å²) in [5.41, 5.74) is 5.60. The first-order valence-corrected chi connectivity index (χ1v) is 6.86. The molecule has 0 aromatic rings. The zero-order valence-corrected chi connectivity index (χ0v) is 11.8. The van der Waals surface area contributed by atoms with Crippen LogP contribution in [0.25, 0.3) is 0 Å². The number of rotatable bonds is 6. The number of likely N-dealkylation sites (tertiary alicyclic amines) is 1. The molecule has 0 aromatic carbocycles. The average Bonchev–Trinajstić information content (AvgIpc) is 2.91. The van der Waals surface area contributed by atoms with Crippen molar-refractivity contribution in [1.29, 1.82) is 0 Å². The van der Waals surface area contributed by atoms with Crippen LogP contribution < -0.4 is 11.1 Å². The van der Waals surface area contributed by atoms with E-state index < -0.39 is 36.6 Å². The Labute approximate surface area is 121 Å². The molecule has 1 fully saturated rings. The zero-order chi connectivity index (χ0) is 15.3. The number of carbonyl (C=O) groups is 3. The first-order valence-electron chi connectivity index (χ1n) is 6.23. The van der Waals surface area contributed by atoms with Crippen molar-refractivity contribution in [1.82, 2.24) is 10.2 Å². The molecule has 8 nitrogen and oxygen atoms in total. The second-order valence-electron chi connectivity index (χ2n) is 4.56. The van der Waals surface area contributed by atoms with Gasteiger partial charge in [0.1, 0.15) is 12.1 Å². The molecule has 114 valence electrons. The third-order valence-corrected chi connectivity index (χ3v) is 3.54. The predicted molar refractivity (Wildman–Crippen MR) is 73.2 cm³/mol. The SMILES string of the molecule is NC(CS)C(=O)N1CCCC1C(=O)NC(CO)C(=O)O. The summed E-state index contributed by atoms with van der Waals surface area (Å²) in [6.45, 7) is -0.312. The number of hydrogen-bond donors (Lipinski definition) is 5. The van der Waals surface area contributed by atoms with Gasteiger partial charge in [0.05, 0.1) is 12.6 Å². The molecule has 1 aliphatic heterocycles. The Morgan fingerprint density at radius 2 is 2.10 bits per heavy atom. The van der Waals surface area contributed by atoms with E-state index in [1.807, 2.05) is 0 Å². The van der Waals surface area contributed by atoms with Gasteiger partial charge in [0.15, 0.2) is 0 Å². The molecule has 0 saturated carbocycles. The van der Waals surface area contributed by atoms with Gasteiger partial charge in [0.25, 0.3) is 0 Å². The van der Waals surface area contributed by atoms with Crippen molar-refractivity contribution in [3.8, 4) is 0 Å². The second-order valence-corrected chi connectivity index (χ2v) is 4.93. The van der Waals surface area contributed by atoms with E-state index in [9.17, 15) is 14.4 Å². The smallest absolute Gasteiger partial charge is 0.328 e. The lowest BCUT2D eigenvalue weighted by atomic mass is 10.1. The van der Waals surface area contributed by atoms with Crippen LogP contribution in [-0.4, -0.2) is 69.9 Å². The number of carboxylic acid groups (broad SMARTS) is 1. The van der Waals surface area contributed by atoms with E-state index in [2.05, 4.69) is 17.9 Å². The summed E-state index contributed by atoms with van der Waals surface area (Å²) >= 11 is 3.94. The highest BCUT2D eigenvalue weighted by Crippen LogP contribution is 2.18. The fourth-order valence-corrected chi connectivity index (χ4v) is 2.20. The zero-order valence-electron chi connectivity index (χ0n) is 10.9. The van der Waals surface area contributed by atoms with Crippen LogP contribution >= 0.6 is 12.6 Å². The Morgan fingerprint density at radius 1 is 1.45 bits per heavy atom. The number of nitrogens with zero attached hydrogens (tertiary/aromatic N) is 1. The molecule has 20 heavy (non-hydrogen) atoms. The molecular weight excluding hydrogens is 286 g/mol. The van der Waals surface area contributed by atoms with Gasteiger partial charge in [0.2, 0.25) is 11.8 Å². The van der Waals surface area contributed by atoms with Gasteiger partial charge in [-0.2, -0.15) is 12.6 Å². The molecule has 0 aliphatic carbocycles. The monoisotopic (exact) mass is 305 g/mol. The van der Waals surface area contributed by atoms with Crippen LogP contribution in [0.4, 0.5) is 0 Å². The summed E-state index contributed by atoms with van der Waals surface area (Å²) in [6.07, 6.45) is 1.08. The van der Waals surface area contributed by atoms with Crippen LogP contribution in [0.2, 0.25) is 0 Å². The van der Waals surface area contributed by atoms with E-state index in [-0.39, 0.29) is 11.7 Å². The van der Waals surface area contributed by atoms with Gasteiger partial charge in [0, 0.05) is 12.3 Å². The van der Waals surface area contributed by atoms with Crippen LogP contribution in [0.3, 0.4) is 0 Å². The maximum absolute atomic E-state index is 12.0. The molecule has 0 bridgehead atoms. The van der Waals surface area contributed by atoms with Crippen molar-refractivity contribution in [2.75, 3.05) is 18.9 Å². The van der Waals surface area contributed by atoms with Crippen molar-refractivity contribution in [3.05, 3.63) is 0 Å². The quantitative estimate of drug-likeness (QED) is 0.354. The first-order chi connectivity index (χ1) is 9.42. The van der Waals surface area contributed by atoms with Gasteiger partial charge >= 0.3 is 5.97 Å². The number of thiol groups is 1. The minimum absolute atomic E-state index is 0.165. The number of nitrogens with one attached hydrogen (secondary N) is 1. The summed E-state index contributed by atoms with van der Waals surface area (Å²) < 4.78 is 0. The maximum atomic E-state index is 12.0. The van der Waals surface area contributed by atoms with Crippen LogP contribution in [0.1, 0.15) is 12.8 Å². The Hall–Kier alpha value is -1.32. The molecule has 1 rings (SSSR count). The van der Waals surface area contributed by atoms with Crippen LogP contribution in [0.15, 0.2) is 0 Å². The highest BCUT2D eigenvalue weighted by molar-refractivity contribution is 7.80. The first kappa shape index (κ1) is 16.7. The van der Waals surface area contributed by atoms with E-state index in [1.54, 1.807) is 0 Å². The fraction of sp³-hybridized carbons (Fsp3) is 0.727. The number of carboxylic acids is 1. The Kier molecular flexibility index (Phi) is 6.24.